The molecule has 0 aliphatic carbocycles. The third kappa shape index (κ3) is 3.00. The molecular formula is C14H21N3O. The number of carbonyl (C=O) groups excluding carboxylic acids is 1. The van der Waals surface area contributed by atoms with Crippen LogP contribution in [0.2, 0.25) is 0 Å². The van der Waals surface area contributed by atoms with Crippen molar-refractivity contribution in [2.75, 3.05) is 18.4 Å². The van der Waals surface area contributed by atoms with Gasteiger partial charge in [0.15, 0.2) is 0 Å². The van der Waals surface area contributed by atoms with E-state index in [1.807, 2.05) is 17.0 Å². The van der Waals surface area contributed by atoms with Crippen molar-refractivity contribution < 1.29 is 4.79 Å². The van der Waals surface area contributed by atoms with E-state index in [1.165, 1.54) is 0 Å². The molecule has 0 radical (unpaired) electrons. The normalized spacial score (nSPS) is 16.7. The summed E-state index contributed by atoms with van der Waals surface area (Å²) < 4.78 is 0. The van der Waals surface area contributed by atoms with Crippen molar-refractivity contribution in [2.45, 2.75) is 39.2 Å². The van der Waals surface area contributed by atoms with Gasteiger partial charge in [-0.15, -0.1) is 0 Å². The zero-order chi connectivity index (χ0) is 13.0. The number of nitrogens with one attached hydrogen (secondary N) is 1. The molecule has 2 heterocycles. The average Bonchev–Trinajstić information content (AvgIpc) is 2.92. The summed E-state index contributed by atoms with van der Waals surface area (Å²) in [4.78, 5) is 18.2. The zero-order valence-corrected chi connectivity index (χ0v) is 11.1. The second kappa shape index (κ2) is 5.85. The molecule has 0 bridgehead atoms. The van der Waals surface area contributed by atoms with Gasteiger partial charge in [0.05, 0.1) is 11.9 Å². The number of pyridine rings is 1. The van der Waals surface area contributed by atoms with Gasteiger partial charge < -0.3 is 10.2 Å². The molecule has 2 rings (SSSR count). The van der Waals surface area contributed by atoms with E-state index in [-0.39, 0.29) is 5.91 Å². The third-order valence-corrected chi connectivity index (χ3v) is 3.40. The number of anilines is 1. The zero-order valence-electron chi connectivity index (χ0n) is 11.1. The van der Waals surface area contributed by atoms with Gasteiger partial charge in [0, 0.05) is 19.1 Å². The van der Waals surface area contributed by atoms with Crippen molar-refractivity contribution in [1.82, 2.24) is 9.88 Å². The lowest BCUT2D eigenvalue weighted by Crippen LogP contribution is -2.28. The Labute approximate surface area is 108 Å². The number of carbonyl (C=O) groups is 1. The Morgan fingerprint density at radius 1 is 1.44 bits per heavy atom. The molecule has 18 heavy (non-hydrogen) atoms. The fourth-order valence-electron chi connectivity index (χ4n) is 2.07. The molecule has 4 nitrogen and oxygen atoms in total. The molecule has 0 saturated carbocycles. The number of likely N-dealkylation sites (tertiary alicyclic amines) is 1. The molecule has 1 amide bonds. The van der Waals surface area contributed by atoms with Crippen LogP contribution < -0.4 is 5.32 Å². The van der Waals surface area contributed by atoms with Gasteiger partial charge in [-0.3, -0.25) is 4.79 Å². The van der Waals surface area contributed by atoms with Crippen LogP contribution in [-0.2, 0) is 0 Å². The lowest BCUT2D eigenvalue weighted by molar-refractivity contribution is 0.0787. The summed E-state index contributed by atoms with van der Waals surface area (Å²) in [5.74, 6) is 0.0580. The molecule has 0 spiro atoms. The molecule has 1 aromatic heterocycles. The molecule has 1 N–H and O–H groups in total. The van der Waals surface area contributed by atoms with Crippen LogP contribution in [0.25, 0.3) is 0 Å². The maximum absolute atomic E-state index is 12.1. The molecule has 1 fully saturated rings. The molecule has 4 heteroatoms. The SMILES string of the molecule is CCC(C)Nc1ccc(C(=O)N2CCCC2)nc1. The number of aromatic nitrogens is 1. The third-order valence-electron chi connectivity index (χ3n) is 3.40. The summed E-state index contributed by atoms with van der Waals surface area (Å²) in [5, 5.41) is 3.34. The minimum atomic E-state index is 0.0580. The summed E-state index contributed by atoms with van der Waals surface area (Å²) in [6, 6.07) is 4.17. The Morgan fingerprint density at radius 2 is 2.17 bits per heavy atom. The minimum absolute atomic E-state index is 0.0580. The van der Waals surface area contributed by atoms with E-state index in [1.54, 1.807) is 6.20 Å². The maximum atomic E-state index is 12.1. The summed E-state index contributed by atoms with van der Waals surface area (Å²) in [7, 11) is 0. The minimum Gasteiger partial charge on any atom is -0.381 e. The van der Waals surface area contributed by atoms with Gasteiger partial charge in [0.2, 0.25) is 0 Å². The van der Waals surface area contributed by atoms with Crippen LogP contribution in [0, 0.1) is 0 Å². The Balaban J connectivity index is 2.00. The standard InChI is InChI=1S/C14H21N3O/c1-3-11(2)16-12-6-7-13(15-10-12)14(18)17-8-4-5-9-17/h6-7,10-11,16H,3-5,8-9H2,1-2H3. The molecule has 1 saturated heterocycles. The molecule has 1 aliphatic rings. The first kappa shape index (κ1) is 12.9. The summed E-state index contributed by atoms with van der Waals surface area (Å²) in [6.07, 6.45) is 5.03. The molecule has 1 unspecified atom stereocenters. The lowest BCUT2D eigenvalue weighted by Gasteiger charge is -2.15. The second-order valence-electron chi connectivity index (χ2n) is 4.89. The largest absolute Gasteiger partial charge is 0.381 e. The first-order valence-corrected chi connectivity index (χ1v) is 6.72. The predicted molar refractivity (Wildman–Crippen MR) is 72.8 cm³/mol. The van der Waals surface area contributed by atoms with Gasteiger partial charge in [-0.05, 0) is 38.3 Å². The average molecular weight is 247 g/mol. The van der Waals surface area contributed by atoms with Gasteiger partial charge in [-0.1, -0.05) is 6.92 Å². The van der Waals surface area contributed by atoms with Crippen LogP contribution in [0.1, 0.15) is 43.6 Å². The monoisotopic (exact) mass is 247 g/mol. The van der Waals surface area contributed by atoms with Crippen molar-refractivity contribution in [2.24, 2.45) is 0 Å². The molecule has 98 valence electrons. The van der Waals surface area contributed by atoms with E-state index in [0.717, 1.165) is 38.0 Å². The first-order valence-electron chi connectivity index (χ1n) is 6.72. The smallest absolute Gasteiger partial charge is 0.272 e. The number of hydrogen-bond acceptors (Lipinski definition) is 3. The number of hydrogen-bond donors (Lipinski definition) is 1. The van der Waals surface area contributed by atoms with E-state index in [9.17, 15) is 4.79 Å². The van der Waals surface area contributed by atoms with Crippen LogP contribution >= 0.6 is 0 Å². The summed E-state index contributed by atoms with van der Waals surface area (Å²) in [6.45, 7) is 6.00. The molecule has 1 atom stereocenters. The Kier molecular flexibility index (Phi) is 4.18. The van der Waals surface area contributed by atoms with Gasteiger partial charge in [-0.2, -0.15) is 0 Å². The van der Waals surface area contributed by atoms with Gasteiger partial charge in [0.25, 0.3) is 5.91 Å². The second-order valence-corrected chi connectivity index (χ2v) is 4.89. The van der Waals surface area contributed by atoms with Crippen molar-refractivity contribution in [1.29, 1.82) is 0 Å². The van der Waals surface area contributed by atoms with Crippen LogP contribution in [0.4, 0.5) is 5.69 Å². The van der Waals surface area contributed by atoms with Crippen LogP contribution in [0.3, 0.4) is 0 Å². The molecule has 0 aromatic carbocycles. The van der Waals surface area contributed by atoms with E-state index in [4.69, 9.17) is 0 Å². The Hall–Kier alpha value is -1.58. The summed E-state index contributed by atoms with van der Waals surface area (Å²) in [5.41, 5.74) is 1.52. The van der Waals surface area contributed by atoms with Gasteiger partial charge in [-0.25, -0.2) is 4.98 Å². The number of amides is 1. The highest BCUT2D eigenvalue weighted by molar-refractivity contribution is 5.92. The maximum Gasteiger partial charge on any atom is 0.272 e. The quantitative estimate of drug-likeness (QED) is 0.889. The van der Waals surface area contributed by atoms with Crippen molar-refractivity contribution in [3.8, 4) is 0 Å². The lowest BCUT2D eigenvalue weighted by atomic mass is 10.2. The van der Waals surface area contributed by atoms with Crippen LogP contribution in [0.15, 0.2) is 18.3 Å². The van der Waals surface area contributed by atoms with Crippen molar-refractivity contribution in [3.63, 3.8) is 0 Å². The van der Waals surface area contributed by atoms with E-state index >= 15 is 0 Å². The molecule has 1 aliphatic heterocycles. The van der Waals surface area contributed by atoms with E-state index < -0.39 is 0 Å². The topological polar surface area (TPSA) is 45.2 Å². The highest BCUT2D eigenvalue weighted by Gasteiger charge is 2.20. The van der Waals surface area contributed by atoms with Crippen LogP contribution in [0.5, 0.6) is 0 Å². The first-order chi connectivity index (χ1) is 8.70. The fourth-order valence-corrected chi connectivity index (χ4v) is 2.07. The number of rotatable bonds is 4. The van der Waals surface area contributed by atoms with Crippen molar-refractivity contribution in [3.05, 3.63) is 24.0 Å². The highest BCUT2D eigenvalue weighted by Crippen LogP contribution is 2.14. The van der Waals surface area contributed by atoms with Gasteiger partial charge >= 0.3 is 0 Å². The van der Waals surface area contributed by atoms with Crippen molar-refractivity contribution >= 4 is 11.6 Å². The summed E-state index contributed by atoms with van der Waals surface area (Å²) >= 11 is 0. The van der Waals surface area contributed by atoms with E-state index in [0.29, 0.717) is 11.7 Å². The van der Waals surface area contributed by atoms with Crippen LogP contribution in [-0.4, -0.2) is 34.9 Å². The van der Waals surface area contributed by atoms with Gasteiger partial charge in [0.1, 0.15) is 5.69 Å². The fraction of sp³-hybridized carbons (Fsp3) is 0.571. The number of nitrogens with zero attached hydrogens (tertiary/aromatic N) is 2. The molecule has 1 aromatic rings. The molecular weight excluding hydrogens is 226 g/mol. The Morgan fingerprint density at radius 3 is 2.72 bits per heavy atom. The predicted octanol–water partition coefficient (Wildman–Crippen LogP) is 2.53. The van der Waals surface area contributed by atoms with E-state index in [2.05, 4.69) is 24.1 Å². The Bertz CT molecular complexity index is 396. The highest BCUT2D eigenvalue weighted by atomic mass is 16.2.